The van der Waals surface area contributed by atoms with Gasteiger partial charge in [-0.3, -0.25) is 9.69 Å². The quantitative estimate of drug-likeness (QED) is 0.674. The third-order valence-corrected chi connectivity index (χ3v) is 2.60. The van der Waals surface area contributed by atoms with Crippen LogP contribution in [0.4, 0.5) is 5.69 Å². The number of nitrogens with zero attached hydrogens (tertiary/aromatic N) is 2. The Hall–Kier alpha value is -1.59. The molecule has 0 spiro atoms. The number of carbonyl (C=O) groups is 1. The summed E-state index contributed by atoms with van der Waals surface area (Å²) in [6, 6.07) is 7.68. The van der Waals surface area contributed by atoms with Crippen LogP contribution in [0.2, 0.25) is 0 Å². The highest BCUT2D eigenvalue weighted by Crippen LogP contribution is 2.09. The zero-order chi connectivity index (χ0) is 13.5. The number of nitrogen functional groups attached to an aromatic ring is 1. The Morgan fingerprint density at radius 1 is 1.28 bits per heavy atom. The molecule has 1 amide bonds. The molecule has 5 heteroatoms. The average molecular weight is 250 g/mol. The van der Waals surface area contributed by atoms with E-state index in [-0.39, 0.29) is 12.5 Å². The van der Waals surface area contributed by atoms with Gasteiger partial charge in [-0.2, -0.15) is 0 Å². The van der Waals surface area contributed by atoms with E-state index in [0.717, 1.165) is 24.3 Å². The average Bonchev–Trinajstić information content (AvgIpc) is 2.25. The Morgan fingerprint density at radius 3 is 2.56 bits per heavy atom. The zero-order valence-corrected chi connectivity index (χ0v) is 11.1. The molecule has 1 aromatic carbocycles. The summed E-state index contributed by atoms with van der Waals surface area (Å²) >= 11 is 0. The lowest BCUT2D eigenvalue weighted by Crippen LogP contribution is -2.37. The second kappa shape index (κ2) is 6.98. The van der Waals surface area contributed by atoms with Crippen LogP contribution in [0.5, 0.6) is 0 Å². The molecule has 0 saturated heterocycles. The van der Waals surface area contributed by atoms with Crippen molar-refractivity contribution in [3.8, 4) is 0 Å². The van der Waals surface area contributed by atoms with Gasteiger partial charge in [-0.15, -0.1) is 0 Å². The van der Waals surface area contributed by atoms with Gasteiger partial charge < -0.3 is 16.4 Å². The minimum Gasteiger partial charge on any atom is -0.399 e. The minimum atomic E-state index is -0.308. The lowest BCUT2D eigenvalue weighted by Gasteiger charge is -2.22. The smallest absolute Gasteiger partial charge is 0.231 e. The number of carbonyl (C=O) groups excluding carboxylic acids is 1. The van der Waals surface area contributed by atoms with Crippen molar-refractivity contribution >= 4 is 11.6 Å². The van der Waals surface area contributed by atoms with Crippen LogP contribution >= 0.6 is 0 Å². The standard InChI is InChI=1S/C13H22N4O/c1-16(2)6-7-17(10-13(15)18)9-11-4-3-5-12(14)8-11/h3-5,8H,6-7,9-10,14H2,1-2H3,(H2,15,18). The van der Waals surface area contributed by atoms with Gasteiger partial charge >= 0.3 is 0 Å². The highest BCUT2D eigenvalue weighted by molar-refractivity contribution is 5.75. The van der Waals surface area contributed by atoms with Gasteiger partial charge in [-0.1, -0.05) is 12.1 Å². The van der Waals surface area contributed by atoms with Crippen LogP contribution in [-0.2, 0) is 11.3 Å². The van der Waals surface area contributed by atoms with Gasteiger partial charge in [0.2, 0.25) is 5.91 Å². The van der Waals surface area contributed by atoms with Crippen LogP contribution in [-0.4, -0.2) is 49.4 Å². The molecule has 18 heavy (non-hydrogen) atoms. The van der Waals surface area contributed by atoms with E-state index < -0.39 is 0 Å². The van der Waals surface area contributed by atoms with Crippen molar-refractivity contribution in [1.29, 1.82) is 0 Å². The molecular weight excluding hydrogens is 228 g/mol. The van der Waals surface area contributed by atoms with Gasteiger partial charge in [0.15, 0.2) is 0 Å². The third kappa shape index (κ3) is 5.65. The molecule has 1 rings (SSSR count). The maximum absolute atomic E-state index is 11.1. The van der Waals surface area contributed by atoms with Crippen LogP contribution in [0.25, 0.3) is 0 Å². The van der Waals surface area contributed by atoms with Crippen LogP contribution in [0.1, 0.15) is 5.56 Å². The molecule has 0 aliphatic rings. The summed E-state index contributed by atoms with van der Waals surface area (Å²) in [5.41, 5.74) is 12.8. The monoisotopic (exact) mass is 250 g/mol. The van der Waals surface area contributed by atoms with Gasteiger partial charge in [0, 0.05) is 25.3 Å². The molecule has 0 aliphatic carbocycles. The molecule has 0 atom stereocenters. The number of benzene rings is 1. The van der Waals surface area contributed by atoms with Gasteiger partial charge in [-0.05, 0) is 31.8 Å². The number of rotatable bonds is 7. The number of anilines is 1. The van der Waals surface area contributed by atoms with E-state index in [1.54, 1.807) is 0 Å². The molecule has 0 aliphatic heterocycles. The second-order valence-corrected chi connectivity index (χ2v) is 4.73. The molecule has 4 N–H and O–H groups in total. The Morgan fingerprint density at radius 2 is 2.00 bits per heavy atom. The van der Waals surface area contributed by atoms with E-state index in [9.17, 15) is 4.79 Å². The maximum atomic E-state index is 11.1. The predicted octanol–water partition coefficient (Wildman–Crippen LogP) is 0.118. The SMILES string of the molecule is CN(C)CCN(CC(N)=O)Cc1cccc(N)c1. The fourth-order valence-corrected chi connectivity index (χ4v) is 1.73. The van der Waals surface area contributed by atoms with Crippen molar-refractivity contribution in [2.75, 3.05) is 39.5 Å². The second-order valence-electron chi connectivity index (χ2n) is 4.73. The number of amides is 1. The van der Waals surface area contributed by atoms with Crippen molar-refractivity contribution in [1.82, 2.24) is 9.80 Å². The zero-order valence-electron chi connectivity index (χ0n) is 11.1. The summed E-state index contributed by atoms with van der Waals surface area (Å²) in [6.45, 7) is 2.63. The summed E-state index contributed by atoms with van der Waals surface area (Å²) in [5.74, 6) is -0.308. The molecule has 1 aromatic rings. The van der Waals surface area contributed by atoms with Crippen LogP contribution in [0.3, 0.4) is 0 Å². The number of hydrogen-bond donors (Lipinski definition) is 2. The van der Waals surface area contributed by atoms with Crippen molar-refractivity contribution in [2.45, 2.75) is 6.54 Å². The first-order valence-corrected chi connectivity index (χ1v) is 5.97. The first kappa shape index (κ1) is 14.5. The van der Waals surface area contributed by atoms with E-state index in [0.29, 0.717) is 6.54 Å². The van der Waals surface area contributed by atoms with Gasteiger partial charge in [0.05, 0.1) is 6.54 Å². The van der Waals surface area contributed by atoms with Crippen LogP contribution in [0.15, 0.2) is 24.3 Å². The van der Waals surface area contributed by atoms with Crippen LogP contribution in [0, 0.1) is 0 Å². The molecule has 0 unspecified atom stereocenters. The van der Waals surface area contributed by atoms with E-state index >= 15 is 0 Å². The first-order valence-electron chi connectivity index (χ1n) is 5.97. The molecule has 0 heterocycles. The fourth-order valence-electron chi connectivity index (χ4n) is 1.73. The normalized spacial score (nSPS) is 11.1. The Kier molecular flexibility index (Phi) is 5.61. The highest BCUT2D eigenvalue weighted by Gasteiger charge is 2.09. The molecule has 0 saturated carbocycles. The summed E-state index contributed by atoms with van der Waals surface area (Å²) in [6.07, 6.45) is 0. The van der Waals surface area contributed by atoms with Crippen molar-refractivity contribution in [3.05, 3.63) is 29.8 Å². The Bertz CT molecular complexity index is 392. The minimum absolute atomic E-state index is 0.267. The number of likely N-dealkylation sites (N-methyl/N-ethyl adjacent to an activating group) is 1. The van der Waals surface area contributed by atoms with Gasteiger partial charge in [0.25, 0.3) is 0 Å². The first-order chi connectivity index (χ1) is 8.47. The van der Waals surface area contributed by atoms with E-state index in [2.05, 4.69) is 4.90 Å². The molecule has 5 nitrogen and oxygen atoms in total. The molecule has 0 bridgehead atoms. The topological polar surface area (TPSA) is 75.6 Å². The molecule has 0 aromatic heterocycles. The Balaban J connectivity index is 2.62. The number of primary amides is 1. The lowest BCUT2D eigenvalue weighted by atomic mass is 10.2. The summed E-state index contributed by atoms with van der Waals surface area (Å²) in [7, 11) is 4.01. The molecule has 0 radical (unpaired) electrons. The van der Waals surface area contributed by atoms with Crippen molar-refractivity contribution in [3.63, 3.8) is 0 Å². The molecule has 100 valence electrons. The molecular formula is C13H22N4O. The summed E-state index contributed by atoms with van der Waals surface area (Å²) in [4.78, 5) is 15.2. The Labute approximate surface area is 108 Å². The molecule has 0 fully saturated rings. The van der Waals surface area contributed by atoms with Crippen LogP contribution < -0.4 is 11.5 Å². The van der Waals surface area contributed by atoms with Gasteiger partial charge in [0.1, 0.15) is 0 Å². The summed E-state index contributed by atoms with van der Waals surface area (Å²) < 4.78 is 0. The van der Waals surface area contributed by atoms with Crippen molar-refractivity contribution < 1.29 is 4.79 Å². The summed E-state index contributed by atoms with van der Waals surface area (Å²) in [5, 5.41) is 0. The number of hydrogen-bond acceptors (Lipinski definition) is 4. The third-order valence-electron chi connectivity index (χ3n) is 2.60. The van der Waals surface area contributed by atoms with E-state index in [1.165, 1.54) is 0 Å². The lowest BCUT2D eigenvalue weighted by molar-refractivity contribution is -0.119. The van der Waals surface area contributed by atoms with E-state index in [1.807, 2.05) is 43.3 Å². The van der Waals surface area contributed by atoms with E-state index in [4.69, 9.17) is 11.5 Å². The maximum Gasteiger partial charge on any atom is 0.231 e. The van der Waals surface area contributed by atoms with Gasteiger partial charge in [-0.25, -0.2) is 0 Å². The largest absolute Gasteiger partial charge is 0.399 e. The highest BCUT2D eigenvalue weighted by atomic mass is 16.1. The predicted molar refractivity (Wildman–Crippen MR) is 73.9 cm³/mol. The number of nitrogens with two attached hydrogens (primary N) is 2. The van der Waals surface area contributed by atoms with Crippen molar-refractivity contribution in [2.24, 2.45) is 5.73 Å². The fraction of sp³-hybridized carbons (Fsp3) is 0.462.